The van der Waals surface area contributed by atoms with Gasteiger partial charge < -0.3 is 10.7 Å². The average Bonchev–Trinajstić information content (AvgIpc) is 2.38. The smallest absolute Gasteiger partial charge is 0.259 e. The Bertz CT molecular complexity index is 868. The van der Waals surface area contributed by atoms with Crippen molar-refractivity contribution in [1.29, 1.82) is 0 Å². The number of pyridine rings is 1. The van der Waals surface area contributed by atoms with Crippen molar-refractivity contribution in [2.75, 3.05) is 5.73 Å². The Kier molecular flexibility index (Phi) is 3.39. The molecule has 2 aromatic heterocycles. The van der Waals surface area contributed by atoms with Gasteiger partial charge >= 0.3 is 0 Å². The van der Waals surface area contributed by atoms with Gasteiger partial charge in [-0.1, -0.05) is 0 Å². The van der Waals surface area contributed by atoms with E-state index in [1.54, 1.807) is 18.2 Å². The number of hydrogen-bond acceptors (Lipinski definition) is 5. The van der Waals surface area contributed by atoms with Crippen molar-refractivity contribution >= 4 is 28.4 Å². The molecule has 0 unspecified atom stereocenters. The number of rotatable bonds is 2. The van der Waals surface area contributed by atoms with Crippen molar-refractivity contribution in [2.45, 2.75) is 24.0 Å². The van der Waals surface area contributed by atoms with Crippen LogP contribution >= 0.6 is 11.8 Å². The number of fused-ring (bicyclic) bond motifs is 1. The number of aromatic nitrogens is 3. The van der Waals surface area contributed by atoms with Gasteiger partial charge in [0.2, 0.25) is 0 Å². The molecule has 3 aromatic rings. The third-order valence-corrected chi connectivity index (χ3v) is 3.79. The SMILES string of the molecule is Cc1cc(C)nc(Sc2nc3ccc(N)cc3c(=O)[nH]2)c1. The second-order valence-electron chi connectivity index (χ2n) is 4.87. The number of aromatic amines is 1. The minimum absolute atomic E-state index is 0.195. The molecule has 0 radical (unpaired) electrons. The summed E-state index contributed by atoms with van der Waals surface area (Å²) < 4.78 is 0. The Morgan fingerprint density at radius 2 is 1.95 bits per heavy atom. The lowest BCUT2D eigenvalue weighted by Crippen LogP contribution is -2.09. The van der Waals surface area contributed by atoms with Crippen molar-refractivity contribution in [2.24, 2.45) is 0 Å². The van der Waals surface area contributed by atoms with Crippen LogP contribution in [0.4, 0.5) is 5.69 Å². The Morgan fingerprint density at radius 3 is 2.71 bits per heavy atom. The van der Waals surface area contributed by atoms with E-state index in [2.05, 4.69) is 15.0 Å². The van der Waals surface area contributed by atoms with E-state index in [0.717, 1.165) is 16.3 Å². The molecule has 3 rings (SSSR count). The van der Waals surface area contributed by atoms with E-state index >= 15 is 0 Å². The molecule has 1 aromatic carbocycles. The molecule has 0 saturated carbocycles. The van der Waals surface area contributed by atoms with Gasteiger partial charge in [-0.2, -0.15) is 0 Å². The van der Waals surface area contributed by atoms with E-state index in [1.165, 1.54) is 11.8 Å². The Hall–Kier alpha value is -2.34. The lowest BCUT2D eigenvalue weighted by Gasteiger charge is -2.05. The summed E-state index contributed by atoms with van der Waals surface area (Å²) in [6.45, 7) is 3.95. The molecule has 6 heteroatoms. The zero-order chi connectivity index (χ0) is 15.0. The van der Waals surface area contributed by atoms with Gasteiger partial charge in [-0.05, 0) is 61.5 Å². The molecule has 0 aliphatic heterocycles. The third kappa shape index (κ3) is 2.90. The molecule has 0 aliphatic rings. The predicted molar refractivity (Wildman–Crippen MR) is 84.6 cm³/mol. The van der Waals surface area contributed by atoms with Gasteiger partial charge in [0.1, 0.15) is 5.03 Å². The number of anilines is 1. The first-order valence-corrected chi connectivity index (χ1v) is 7.25. The summed E-state index contributed by atoms with van der Waals surface area (Å²) in [7, 11) is 0. The first kappa shape index (κ1) is 13.6. The Labute approximate surface area is 125 Å². The van der Waals surface area contributed by atoms with E-state index in [-0.39, 0.29) is 5.56 Å². The highest BCUT2D eigenvalue weighted by atomic mass is 32.2. The largest absolute Gasteiger partial charge is 0.399 e. The lowest BCUT2D eigenvalue weighted by atomic mass is 10.2. The van der Waals surface area contributed by atoms with Crippen LogP contribution in [0.3, 0.4) is 0 Å². The van der Waals surface area contributed by atoms with Crippen molar-refractivity contribution < 1.29 is 0 Å². The fourth-order valence-electron chi connectivity index (χ4n) is 2.14. The minimum Gasteiger partial charge on any atom is -0.399 e. The van der Waals surface area contributed by atoms with E-state index in [0.29, 0.717) is 21.7 Å². The van der Waals surface area contributed by atoms with Crippen LogP contribution in [0.25, 0.3) is 10.9 Å². The van der Waals surface area contributed by atoms with Gasteiger partial charge in [-0.15, -0.1) is 0 Å². The molecule has 0 fully saturated rings. The Balaban J connectivity index is 2.05. The van der Waals surface area contributed by atoms with Crippen molar-refractivity contribution in [3.8, 4) is 0 Å². The molecule has 0 atom stereocenters. The number of nitrogens with zero attached hydrogens (tertiary/aromatic N) is 2. The topological polar surface area (TPSA) is 84.7 Å². The van der Waals surface area contributed by atoms with Gasteiger partial charge in [0, 0.05) is 11.4 Å². The summed E-state index contributed by atoms with van der Waals surface area (Å²) >= 11 is 1.34. The summed E-state index contributed by atoms with van der Waals surface area (Å²) in [6.07, 6.45) is 0. The highest BCUT2D eigenvalue weighted by Crippen LogP contribution is 2.24. The van der Waals surface area contributed by atoms with E-state index in [9.17, 15) is 4.79 Å². The fraction of sp³-hybridized carbons (Fsp3) is 0.133. The summed E-state index contributed by atoms with van der Waals surface area (Å²) in [5.41, 5.74) is 8.73. The summed E-state index contributed by atoms with van der Waals surface area (Å²) in [5, 5.41) is 1.83. The number of hydrogen-bond donors (Lipinski definition) is 2. The molecule has 0 spiro atoms. The van der Waals surface area contributed by atoms with Crippen molar-refractivity contribution in [3.05, 3.63) is 51.9 Å². The van der Waals surface area contributed by atoms with E-state index in [1.807, 2.05) is 26.0 Å². The quantitative estimate of drug-likeness (QED) is 0.561. The van der Waals surface area contributed by atoms with Gasteiger partial charge in [-0.3, -0.25) is 4.79 Å². The number of aryl methyl sites for hydroxylation is 2. The monoisotopic (exact) mass is 298 g/mol. The van der Waals surface area contributed by atoms with Gasteiger partial charge in [0.25, 0.3) is 5.56 Å². The maximum atomic E-state index is 12.1. The number of nitrogen functional groups attached to an aromatic ring is 1. The predicted octanol–water partition coefficient (Wildman–Crippen LogP) is 2.67. The van der Waals surface area contributed by atoms with Crippen molar-refractivity contribution in [3.63, 3.8) is 0 Å². The van der Waals surface area contributed by atoms with Gasteiger partial charge in [-0.25, -0.2) is 9.97 Å². The highest BCUT2D eigenvalue weighted by molar-refractivity contribution is 7.99. The van der Waals surface area contributed by atoms with Gasteiger partial charge in [0.15, 0.2) is 5.16 Å². The molecule has 0 aliphatic carbocycles. The number of nitrogens with two attached hydrogens (primary N) is 1. The average molecular weight is 298 g/mol. The zero-order valence-corrected chi connectivity index (χ0v) is 12.5. The number of nitrogens with one attached hydrogen (secondary N) is 1. The maximum absolute atomic E-state index is 12.1. The van der Waals surface area contributed by atoms with E-state index in [4.69, 9.17) is 5.73 Å². The van der Waals surface area contributed by atoms with Crippen LogP contribution < -0.4 is 11.3 Å². The molecule has 2 heterocycles. The third-order valence-electron chi connectivity index (χ3n) is 2.98. The van der Waals surface area contributed by atoms with Crippen LogP contribution in [0, 0.1) is 13.8 Å². The maximum Gasteiger partial charge on any atom is 0.259 e. The highest BCUT2D eigenvalue weighted by Gasteiger charge is 2.07. The van der Waals surface area contributed by atoms with Crippen LogP contribution in [0.2, 0.25) is 0 Å². The van der Waals surface area contributed by atoms with Crippen LogP contribution in [0.1, 0.15) is 11.3 Å². The summed E-state index contributed by atoms with van der Waals surface area (Å²) in [6, 6.07) is 9.08. The number of benzene rings is 1. The minimum atomic E-state index is -0.195. The van der Waals surface area contributed by atoms with Gasteiger partial charge in [0.05, 0.1) is 10.9 Å². The normalized spacial score (nSPS) is 11.0. The first-order chi connectivity index (χ1) is 10.0. The standard InChI is InChI=1S/C15H14N4OS/c1-8-5-9(2)17-13(6-8)21-15-18-12-4-3-10(16)7-11(12)14(20)19-15/h3-7H,16H2,1-2H3,(H,18,19,20). The number of H-pyrrole nitrogens is 1. The van der Waals surface area contributed by atoms with Crippen LogP contribution in [0.15, 0.2) is 45.3 Å². The van der Waals surface area contributed by atoms with Crippen LogP contribution in [0.5, 0.6) is 0 Å². The molecule has 106 valence electrons. The van der Waals surface area contributed by atoms with Crippen LogP contribution in [-0.4, -0.2) is 15.0 Å². The second kappa shape index (κ2) is 5.21. The first-order valence-electron chi connectivity index (χ1n) is 6.44. The Morgan fingerprint density at radius 1 is 1.14 bits per heavy atom. The lowest BCUT2D eigenvalue weighted by molar-refractivity contribution is 0.961. The fourth-order valence-corrected chi connectivity index (χ4v) is 3.06. The summed E-state index contributed by atoms with van der Waals surface area (Å²) in [4.78, 5) is 23.7. The second-order valence-corrected chi connectivity index (χ2v) is 5.88. The molecule has 0 amide bonds. The van der Waals surface area contributed by atoms with Crippen LogP contribution in [-0.2, 0) is 0 Å². The zero-order valence-electron chi connectivity index (χ0n) is 11.7. The molecular formula is C15H14N4OS. The molecule has 3 N–H and O–H groups in total. The molecular weight excluding hydrogens is 284 g/mol. The van der Waals surface area contributed by atoms with Crippen molar-refractivity contribution in [1.82, 2.24) is 15.0 Å². The molecule has 0 bridgehead atoms. The van der Waals surface area contributed by atoms with E-state index < -0.39 is 0 Å². The summed E-state index contributed by atoms with van der Waals surface area (Å²) in [5.74, 6) is 0. The molecule has 0 saturated heterocycles. The molecule has 21 heavy (non-hydrogen) atoms. The molecule has 5 nitrogen and oxygen atoms in total.